The zero-order valence-corrected chi connectivity index (χ0v) is 7.30. The van der Waals surface area contributed by atoms with Crippen LogP contribution in [0.1, 0.15) is 20.3 Å². The molecule has 0 aromatic rings. The minimum Gasteiger partial charge on any atom is -0.369 e. The highest BCUT2D eigenvalue weighted by atomic mass is 15.0. The Balaban J connectivity index is 3.79. The summed E-state index contributed by atoms with van der Waals surface area (Å²) in [6.07, 6.45) is 4.80. The van der Waals surface area contributed by atoms with Crippen LogP contribution in [0, 0.1) is 0 Å². The molecule has 0 saturated carbocycles. The highest BCUT2D eigenvalue weighted by Gasteiger charge is 1.87. The van der Waals surface area contributed by atoms with Gasteiger partial charge in [0.05, 0.1) is 0 Å². The molecule has 0 atom stereocenters. The predicted molar refractivity (Wildman–Crippen MR) is 49.6 cm³/mol. The number of aliphatic imine (C=N–C) groups is 1. The fourth-order valence-electron chi connectivity index (χ4n) is 0.703. The van der Waals surface area contributed by atoms with Crippen LogP contribution < -0.4 is 11.1 Å². The van der Waals surface area contributed by atoms with E-state index in [-0.39, 0.29) is 0 Å². The topological polar surface area (TPSA) is 50.4 Å². The van der Waals surface area contributed by atoms with Crippen LogP contribution in [0.5, 0.6) is 0 Å². The average molecular weight is 155 g/mol. The van der Waals surface area contributed by atoms with Gasteiger partial charge < -0.3 is 11.1 Å². The third kappa shape index (κ3) is 5.61. The Hall–Kier alpha value is -0.830. The van der Waals surface area contributed by atoms with E-state index >= 15 is 0 Å². The summed E-state index contributed by atoms with van der Waals surface area (Å²) in [7, 11) is 0. The summed E-state index contributed by atoms with van der Waals surface area (Å²) in [6, 6.07) is 0. The molecule has 3 nitrogen and oxygen atoms in total. The van der Waals surface area contributed by atoms with E-state index in [1.165, 1.54) is 0 Å². The molecule has 0 rings (SSSR count). The Labute approximate surface area is 68.4 Å². The second-order valence-electron chi connectivity index (χ2n) is 2.10. The molecule has 0 spiro atoms. The molecule has 0 aliphatic rings. The second-order valence-corrected chi connectivity index (χ2v) is 2.10. The molecule has 0 aromatic heterocycles. The van der Waals surface area contributed by atoms with Gasteiger partial charge in [-0.2, -0.15) is 0 Å². The van der Waals surface area contributed by atoms with Gasteiger partial charge in [-0.05, 0) is 19.4 Å². The zero-order valence-electron chi connectivity index (χ0n) is 7.30. The first kappa shape index (κ1) is 10.2. The van der Waals surface area contributed by atoms with E-state index in [1.54, 1.807) is 6.21 Å². The Bertz CT molecular complexity index is 138. The predicted octanol–water partition coefficient (Wildman–Crippen LogP) is 0.877. The summed E-state index contributed by atoms with van der Waals surface area (Å²) in [5.74, 6) is 0.917. The number of rotatable bonds is 5. The molecule has 0 radical (unpaired) electrons. The van der Waals surface area contributed by atoms with Crippen molar-refractivity contribution in [1.82, 2.24) is 5.32 Å². The van der Waals surface area contributed by atoms with Crippen molar-refractivity contribution in [1.29, 1.82) is 0 Å². The van der Waals surface area contributed by atoms with Crippen LogP contribution >= 0.6 is 0 Å². The quantitative estimate of drug-likeness (QED) is 0.579. The van der Waals surface area contributed by atoms with Crippen molar-refractivity contribution in [2.24, 2.45) is 10.7 Å². The summed E-state index contributed by atoms with van der Waals surface area (Å²) >= 11 is 0. The monoisotopic (exact) mass is 155 g/mol. The largest absolute Gasteiger partial charge is 0.369 e. The average Bonchev–Trinajstić information content (AvgIpc) is 2.01. The van der Waals surface area contributed by atoms with Crippen LogP contribution in [-0.4, -0.2) is 19.3 Å². The first-order chi connectivity index (χ1) is 5.35. The van der Waals surface area contributed by atoms with Gasteiger partial charge in [-0.3, -0.25) is 0 Å². The highest BCUT2D eigenvalue weighted by Crippen LogP contribution is 1.91. The normalized spacial score (nSPS) is 12.5. The number of allylic oxidation sites excluding steroid dienone is 1. The molecule has 0 fully saturated rings. The summed E-state index contributed by atoms with van der Waals surface area (Å²) in [5, 5.41) is 3.11. The number of nitrogens with zero attached hydrogens (tertiary/aromatic N) is 1. The third-order valence-electron chi connectivity index (χ3n) is 1.12. The van der Waals surface area contributed by atoms with Crippen LogP contribution in [0.2, 0.25) is 0 Å². The minimum absolute atomic E-state index is 0.639. The Kier molecular flexibility index (Phi) is 6.73. The standard InChI is InChI=1S/C8H17N3/c1-3-5-8(10-4-2)11-7-6-9/h4-5,11H,3,6-7,9H2,1-2H3/b8-5+,10-4-. The van der Waals surface area contributed by atoms with Crippen molar-refractivity contribution in [2.75, 3.05) is 13.1 Å². The molecule has 0 heterocycles. The van der Waals surface area contributed by atoms with E-state index in [4.69, 9.17) is 5.73 Å². The molecule has 0 aromatic carbocycles. The van der Waals surface area contributed by atoms with E-state index in [0.717, 1.165) is 18.8 Å². The van der Waals surface area contributed by atoms with Gasteiger partial charge in [-0.1, -0.05) is 6.92 Å². The molecule has 0 unspecified atom stereocenters. The van der Waals surface area contributed by atoms with Crippen LogP contribution in [0.25, 0.3) is 0 Å². The van der Waals surface area contributed by atoms with Gasteiger partial charge in [0, 0.05) is 19.3 Å². The van der Waals surface area contributed by atoms with E-state index in [2.05, 4.69) is 17.2 Å². The first-order valence-corrected chi connectivity index (χ1v) is 3.97. The lowest BCUT2D eigenvalue weighted by Crippen LogP contribution is -2.21. The summed E-state index contributed by atoms with van der Waals surface area (Å²) < 4.78 is 0. The molecule has 0 aliphatic heterocycles. The summed E-state index contributed by atoms with van der Waals surface area (Å²) in [6.45, 7) is 5.40. The Morgan fingerprint density at radius 3 is 2.82 bits per heavy atom. The SMILES string of the molecule is C/C=N\C(=C/CC)NCCN. The fraction of sp³-hybridized carbons (Fsp3) is 0.625. The van der Waals surface area contributed by atoms with Crippen molar-refractivity contribution in [3.05, 3.63) is 11.9 Å². The molecule has 64 valence electrons. The van der Waals surface area contributed by atoms with E-state index in [1.807, 2.05) is 13.0 Å². The maximum atomic E-state index is 5.33. The summed E-state index contributed by atoms with van der Waals surface area (Å²) in [5.41, 5.74) is 5.33. The van der Waals surface area contributed by atoms with Gasteiger partial charge in [0.1, 0.15) is 5.82 Å². The van der Waals surface area contributed by atoms with Crippen molar-refractivity contribution < 1.29 is 0 Å². The van der Waals surface area contributed by atoms with Crippen LogP contribution in [0.4, 0.5) is 0 Å². The van der Waals surface area contributed by atoms with Crippen molar-refractivity contribution >= 4 is 6.21 Å². The second kappa shape index (κ2) is 7.28. The number of nitrogens with one attached hydrogen (secondary N) is 1. The molecule has 0 amide bonds. The van der Waals surface area contributed by atoms with Crippen LogP contribution in [0.15, 0.2) is 16.9 Å². The molecule has 0 saturated heterocycles. The first-order valence-electron chi connectivity index (χ1n) is 3.97. The molecule has 0 bridgehead atoms. The minimum atomic E-state index is 0.639. The third-order valence-corrected chi connectivity index (χ3v) is 1.12. The molecule has 0 aliphatic carbocycles. The van der Waals surface area contributed by atoms with Crippen molar-refractivity contribution in [3.8, 4) is 0 Å². The van der Waals surface area contributed by atoms with Gasteiger partial charge in [0.2, 0.25) is 0 Å². The number of hydrogen-bond donors (Lipinski definition) is 2. The van der Waals surface area contributed by atoms with Gasteiger partial charge in [-0.25, -0.2) is 4.99 Å². The van der Waals surface area contributed by atoms with Gasteiger partial charge in [-0.15, -0.1) is 0 Å². The lowest BCUT2D eigenvalue weighted by Gasteiger charge is -2.03. The van der Waals surface area contributed by atoms with Crippen LogP contribution in [-0.2, 0) is 0 Å². The van der Waals surface area contributed by atoms with Crippen LogP contribution in [0.3, 0.4) is 0 Å². The molecular formula is C8H17N3. The maximum Gasteiger partial charge on any atom is 0.121 e. The Morgan fingerprint density at radius 1 is 1.64 bits per heavy atom. The van der Waals surface area contributed by atoms with Gasteiger partial charge in [0.25, 0.3) is 0 Å². The Morgan fingerprint density at radius 2 is 2.36 bits per heavy atom. The highest BCUT2D eigenvalue weighted by molar-refractivity contribution is 5.55. The van der Waals surface area contributed by atoms with Crippen molar-refractivity contribution in [2.45, 2.75) is 20.3 Å². The maximum absolute atomic E-state index is 5.33. The number of hydrogen-bond acceptors (Lipinski definition) is 3. The fourth-order valence-corrected chi connectivity index (χ4v) is 0.703. The molecular weight excluding hydrogens is 138 g/mol. The van der Waals surface area contributed by atoms with E-state index < -0.39 is 0 Å². The lowest BCUT2D eigenvalue weighted by atomic mass is 10.4. The lowest BCUT2D eigenvalue weighted by molar-refractivity contribution is 0.783. The smallest absolute Gasteiger partial charge is 0.121 e. The van der Waals surface area contributed by atoms with E-state index in [9.17, 15) is 0 Å². The molecule has 3 N–H and O–H groups in total. The molecule has 3 heteroatoms. The zero-order chi connectivity index (χ0) is 8.53. The summed E-state index contributed by atoms with van der Waals surface area (Å²) in [4.78, 5) is 4.12. The molecule has 11 heavy (non-hydrogen) atoms. The van der Waals surface area contributed by atoms with Gasteiger partial charge >= 0.3 is 0 Å². The van der Waals surface area contributed by atoms with Gasteiger partial charge in [0.15, 0.2) is 0 Å². The van der Waals surface area contributed by atoms with E-state index in [0.29, 0.717) is 6.54 Å². The number of nitrogens with two attached hydrogens (primary N) is 1. The van der Waals surface area contributed by atoms with Crippen molar-refractivity contribution in [3.63, 3.8) is 0 Å².